The molecule has 7 heteroatoms. The number of fused-ring (bicyclic) bond motifs is 4. The first kappa shape index (κ1) is 23.5. The van der Waals surface area contributed by atoms with E-state index in [1.54, 1.807) is 0 Å². The van der Waals surface area contributed by atoms with E-state index in [0.29, 0.717) is 24.0 Å². The molecule has 4 heterocycles. The summed E-state index contributed by atoms with van der Waals surface area (Å²) < 4.78 is 0. The van der Waals surface area contributed by atoms with Crippen LogP contribution >= 0.6 is 12.2 Å². The van der Waals surface area contributed by atoms with Gasteiger partial charge in [0.2, 0.25) is 0 Å². The highest BCUT2D eigenvalue weighted by Crippen LogP contribution is 2.35. The van der Waals surface area contributed by atoms with Gasteiger partial charge >= 0.3 is 0 Å². The fourth-order valence-electron chi connectivity index (χ4n) is 4.92. The number of carbonyl (C=O) groups is 2. The number of hydrogen-bond acceptors (Lipinski definition) is 5. The third kappa shape index (κ3) is 6.20. The normalized spacial score (nSPS) is 22.6. The van der Waals surface area contributed by atoms with Crippen molar-refractivity contribution in [3.63, 3.8) is 0 Å². The second-order valence-corrected chi connectivity index (χ2v) is 10.6. The molecule has 0 spiro atoms. The summed E-state index contributed by atoms with van der Waals surface area (Å²) in [5.41, 5.74) is 2.91. The van der Waals surface area contributed by atoms with Crippen LogP contribution in [-0.2, 0) is 11.2 Å². The Morgan fingerprint density at radius 1 is 1.32 bits per heavy atom. The van der Waals surface area contributed by atoms with Crippen molar-refractivity contribution >= 4 is 40.2 Å². The smallest absolute Gasteiger partial charge is 0.290 e. The molecule has 2 bridgehead atoms. The summed E-state index contributed by atoms with van der Waals surface area (Å²) in [4.78, 5) is 25.0. The van der Waals surface area contributed by atoms with E-state index in [-0.39, 0.29) is 17.7 Å². The van der Waals surface area contributed by atoms with Gasteiger partial charge in [0.25, 0.3) is 6.47 Å². The topological polar surface area (TPSA) is 86.3 Å². The van der Waals surface area contributed by atoms with Crippen LogP contribution in [0.1, 0.15) is 62.5 Å². The first-order valence-electron chi connectivity index (χ1n) is 11.0. The maximum atomic E-state index is 13.1. The van der Waals surface area contributed by atoms with E-state index in [9.17, 15) is 4.79 Å². The summed E-state index contributed by atoms with van der Waals surface area (Å²) in [6.07, 6.45) is 4.81. The van der Waals surface area contributed by atoms with Gasteiger partial charge in [0.15, 0.2) is 5.78 Å². The van der Waals surface area contributed by atoms with Gasteiger partial charge < -0.3 is 10.0 Å². The number of H-pyrrole nitrogens is 1. The molecule has 1 aromatic carbocycles. The van der Waals surface area contributed by atoms with Crippen LogP contribution in [0.25, 0.3) is 10.9 Å². The lowest BCUT2D eigenvalue weighted by molar-refractivity contribution is -0.122. The number of aromatic amines is 1. The van der Waals surface area contributed by atoms with Gasteiger partial charge in [0.1, 0.15) is 5.69 Å². The molecule has 0 aliphatic carbocycles. The van der Waals surface area contributed by atoms with Crippen LogP contribution in [0, 0.1) is 17.3 Å². The zero-order chi connectivity index (χ0) is 22.6. The van der Waals surface area contributed by atoms with Crippen molar-refractivity contribution in [3.05, 3.63) is 29.5 Å². The number of thiocarbonyl (C=S) groups is 1. The van der Waals surface area contributed by atoms with E-state index >= 15 is 0 Å². The van der Waals surface area contributed by atoms with Gasteiger partial charge in [-0.25, -0.2) is 0 Å². The molecule has 3 aliphatic rings. The molecule has 6 nitrogen and oxygen atoms in total. The molecular formula is C24H33N3O3S. The summed E-state index contributed by atoms with van der Waals surface area (Å²) in [5.74, 6) is 1.38. The molecule has 3 fully saturated rings. The van der Waals surface area contributed by atoms with Crippen molar-refractivity contribution in [1.82, 2.24) is 15.1 Å². The fourth-order valence-corrected chi connectivity index (χ4v) is 5.52. The highest BCUT2D eigenvalue weighted by atomic mass is 32.1. The molecule has 168 valence electrons. The Hall–Kier alpha value is -2.12. The zero-order valence-corrected chi connectivity index (χ0v) is 19.5. The highest BCUT2D eigenvalue weighted by molar-refractivity contribution is 7.80. The van der Waals surface area contributed by atoms with Crippen molar-refractivity contribution in [1.29, 1.82) is 0 Å². The molecule has 0 unspecified atom stereocenters. The van der Waals surface area contributed by atoms with E-state index < -0.39 is 0 Å². The second kappa shape index (κ2) is 10.0. The number of piperidine rings is 3. The second-order valence-electron chi connectivity index (χ2n) is 10.0. The van der Waals surface area contributed by atoms with Crippen LogP contribution in [0.2, 0.25) is 0 Å². The maximum absolute atomic E-state index is 13.1. The standard InChI is InChI=1S/C23H31N3OS.CH2O2/c1-23(2,3)13-18(28)10-15-4-5-20-19(11-15)22(25-24-20)21(27)12-17-14-26-8-6-16(17)7-9-26;2-1-3/h4-5,11,16-17H,6-10,12-14H2,1-3H3,(H,24,25);1H,(H,2,3)/t17-;/m0./s1. The van der Waals surface area contributed by atoms with Crippen LogP contribution in [0.3, 0.4) is 0 Å². The molecule has 2 aromatic rings. The Morgan fingerprint density at radius 3 is 2.58 bits per heavy atom. The molecule has 3 aliphatic heterocycles. The number of carboxylic acid groups (broad SMARTS) is 1. The summed E-state index contributed by atoms with van der Waals surface area (Å²) in [5, 5.41) is 15.3. The number of carbonyl (C=O) groups excluding carboxylic acids is 1. The summed E-state index contributed by atoms with van der Waals surface area (Å²) in [6, 6.07) is 6.23. The van der Waals surface area contributed by atoms with E-state index in [4.69, 9.17) is 22.1 Å². The number of rotatable bonds is 6. The summed E-state index contributed by atoms with van der Waals surface area (Å²) in [6.45, 7) is 9.87. The van der Waals surface area contributed by atoms with E-state index in [2.05, 4.69) is 48.0 Å². The Balaban J connectivity index is 0.000000858. The monoisotopic (exact) mass is 443 g/mol. The van der Waals surface area contributed by atoms with Gasteiger partial charge in [-0.1, -0.05) is 39.1 Å². The number of ketones is 1. The Bertz CT molecular complexity index is 939. The predicted molar refractivity (Wildman–Crippen MR) is 127 cm³/mol. The van der Waals surface area contributed by atoms with Crippen molar-refractivity contribution in [3.8, 4) is 0 Å². The molecular weight excluding hydrogens is 410 g/mol. The third-order valence-electron chi connectivity index (χ3n) is 6.26. The molecule has 0 amide bonds. The zero-order valence-electron chi connectivity index (χ0n) is 18.7. The predicted octanol–water partition coefficient (Wildman–Crippen LogP) is 4.53. The first-order valence-corrected chi connectivity index (χ1v) is 11.4. The lowest BCUT2D eigenvalue weighted by Gasteiger charge is -2.44. The highest BCUT2D eigenvalue weighted by Gasteiger charge is 2.35. The molecule has 3 saturated heterocycles. The molecule has 31 heavy (non-hydrogen) atoms. The molecule has 5 rings (SSSR count). The number of benzene rings is 1. The van der Waals surface area contributed by atoms with Crippen molar-refractivity contribution < 1.29 is 14.7 Å². The minimum atomic E-state index is -0.250. The Labute approximate surface area is 189 Å². The lowest BCUT2D eigenvalue weighted by Crippen LogP contribution is -2.47. The number of hydrogen-bond donors (Lipinski definition) is 2. The quantitative estimate of drug-likeness (QED) is 0.388. The van der Waals surface area contributed by atoms with Crippen LogP contribution in [0.4, 0.5) is 0 Å². The average Bonchev–Trinajstić information content (AvgIpc) is 3.11. The van der Waals surface area contributed by atoms with Crippen molar-refractivity contribution in [2.45, 2.75) is 52.9 Å². The van der Waals surface area contributed by atoms with Crippen LogP contribution in [-0.4, -0.2) is 57.0 Å². The van der Waals surface area contributed by atoms with Gasteiger partial charge in [-0.3, -0.25) is 14.7 Å². The summed E-state index contributed by atoms with van der Waals surface area (Å²) in [7, 11) is 0. The molecule has 1 aromatic heterocycles. The van der Waals surface area contributed by atoms with Gasteiger partial charge in [-0.05, 0) is 72.2 Å². The lowest BCUT2D eigenvalue weighted by atomic mass is 9.76. The number of Topliss-reactive ketones (excluding diaryl/α,β-unsaturated/α-hetero) is 1. The van der Waals surface area contributed by atoms with Gasteiger partial charge in [-0.2, -0.15) is 5.10 Å². The molecule has 1 atom stereocenters. The number of nitrogens with zero attached hydrogens (tertiary/aromatic N) is 2. The van der Waals surface area contributed by atoms with Crippen LogP contribution < -0.4 is 0 Å². The van der Waals surface area contributed by atoms with Gasteiger partial charge in [0.05, 0.1) is 5.52 Å². The largest absolute Gasteiger partial charge is 0.483 e. The summed E-state index contributed by atoms with van der Waals surface area (Å²) >= 11 is 5.61. The maximum Gasteiger partial charge on any atom is 0.290 e. The fraction of sp³-hybridized carbons (Fsp3) is 0.583. The van der Waals surface area contributed by atoms with E-state index in [0.717, 1.165) is 35.2 Å². The van der Waals surface area contributed by atoms with E-state index in [1.165, 1.54) is 31.5 Å². The molecule has 0 radical (unpaired) electrons. The van der Waals surface area contributed by atoms with Gasteiger partial charge in [-0.15, -0.1) is 0 Å². The van der Waals surface area contributed by atoms with Crippen molar-refractivity contribution in [2.75, 3.05) is 19.6 Å². The minimum Gasteiger partial charge on any atom is -0.483 e. The third-order valence-corrected chi connectivity index (χ3v) is 6.55. The minimum absolute atomic E-state index is 0.180. The van der Waals surface area contributed by atoms with E-state index in [1.807, 2.05) is 6.07 Å². The Morgan fingerprint density at radius 2 is 2.00 bits per heavy atom. The molecule has 0 saturated carbocycles. The number of nitrogens with one attached hydrogen (secondary N) is 1. The Kier molecular flexibility index (Phi) is 7.59. The first-order chi connectivity index (χ1) is 14.7. The molecule has 2 N–H and O–H groups in total. The number of aromatic nitrogens is 2. The van der Waals surface area contributed by atoms with Crippen LogP contribution in [0.5, 0.6) is 0 Å². The SMILES string of the molecule is CC(C)(C)CC(=S)Cc1ccc2[nH]nc(C(=O)C[C@H]3CN4CCC3CC4)c2c1.O=CO. The average molecular weight is 444 g/mol. The van der Waals surface area contributed by atoms with Gasteiger partial charge in [0, 0.05) is 24.8 Å². The van der Waals surface area contributed by atoms with Crippen molar-refractivity contribution in [2.24, 2.45) is 17.3 Å². The van der Waals surface area contributed by atoms with Crippen LogP contribution in [0.15, 0.2) is 18.2 Å².